The quantitative estimate of drug-likeness (QED) is 0.531. The predicted octanol–water partition coefficient (Wildman–Crippen LogP) is 1.30. The summed E-state index contributed by atoms with van der Waals surface area (Å²) in [5, 5.41) is 7.07. The van der Waals surface area contributed by atoms with Crippen molar-refractivity contribution in [2.45, 2.75) is 30.9 Å². The first-order valence-corrected chi connectivity index (χ1v) is 12.6. The normalized spacial score (nSPS) is 21.0. The number of furan rings is 1. The number of nitrogens with one attached hydrogen (secondary N) is 2. The largest absolute Gasteiger partial charge is 0.464 e. The molecule has 10 nitrogen and oxygen atoms in total. The van der Waals surface area contributed by atoms with Gasteiger partial charge in [0.25, 0.3) is 10.9 Å². The minimum absolute atomic E-state index is 0.0334. The van der Waals surface area contributed by atoms with Gasteiger partial charge < -0.3 is 19.8 Å². The molecule has 1 aromatic heterocycles. The van der Waals surface area contributed by atoms with Crippen LogP contribution in [-0.2, 0) is 19.6 Å². The Hall–Kier alpha value is -2.41. The predicted molar refractivity (Wildman–Crippen MR) is 121 cm³/mol. The third-order valence-corrected chi connectivity index (χ3v) is 9.13. The number of allylic oxidation sites excluding steroid dienone is 1. The van der Waals surface area contributed by atoms with Crippen LogP contribution in [-0.4, -0.2) is 49.4 Å². The summed E-state index contributed by atoms with van der Waals surface area (Å²) in [7, 11) is -3.88. The van der Waals surface area contributed by atoms with E-state index in [1.807, 2.05) is 6.92 Å². The fourth-order valence-corrected chi connectivity index (χ4v) is 6.69. The number of carbonyl (C=O) groups excluding carboxylic acids is 1. The summed E-state index contributed by atoms with van der Waals surface area (Å²) >= 11 is 0.858. The SMILES string of the molecule is CC[C@@H](Nc1c(NC2=CSC(S(=O)(=O)N3CCOCC3)C2=O)c(=O)c1=O)c1ccc(C)o1. The highest BCUT2D eigenvalue weighted by Crippen LogP contribution is 2.34. The van der Waals surface area contributed by atoms with E-state index in [2.05, 4.69) is 10.6 Å². The molecule has 32 heavy (non-hydrogen) atoms. The molecule has 2 atom stereocenters. The fourth-order valence-electron chi connectivity index (χ4n) is 3.58. The topological polar surface area (TPSA) is 135 Å². The van der Waals surface area contributed by atoms with E-state index in [-0.39, 0.29) is 49.4 Å². The van der Waals surface area contributed by atoms with Crippen LogP contribution in [0.5, 0.6) is 0 Å². The molecule has 4 rings (SSSR count). The van der Waals surface area contributed by atoms with Gasteiger partial charge in [-0.25, -0.2) is 8.42 Å². The number of anilines is 2. The van der Waals surface area contributed by atoms with Crippen molar-refractivity contribution in [3.63, 3.8) is 0 Å². The molecule has 0 amide bonds. The van der Waals surface area contributed by atoms with Crippen LogP contribution in [0.2, 0.25) is 0 Å². The second-order valence-electron chi connectivity index (χ2n) is 7.51. The van der Waals surface area contributed by atoms with E-state index in [0.717, 1.165) is 17.5 Å². The van der Waals surface area contributed by atoms with E-state index in [1.54, 1.807) is 19.1 Å². The van der Waals surface area contributed by atoms with Crippen molar-refractivity contribution in [3.8, 4) is 0 Å². The van der Waals surface area contributed by atoms with Gasteiger partial charge in [0.15, 0.2) is 4.58 Å². The number of hydrogen-bond donors (Lipinski definition) is 2. The first kappa shape index (κ1) is 22.8. The molecule has 1 unspecified atom stereocenters. The Morgan fingerprint density at radius 2 is 1.84 bits per heavy atom. The van der Waals surface area contributed by atoms with Crippen LogP contribution in [0.1, 0.15) is 30.9 Å². The number of Topliss-reactive ketones (excluding diaryl/α,β-unsaturated/α-hetero) is 1. The van der Waals surface area contributed by atoms with Crippen molar-refractivity contribution >= 4 is 38.9 Å². The van der Waals surface area contributed by atoms with E-state index in [0.29, 0.717) is 12.2 Å². The third kappa shape index (κ3) is 4.03. The Kier molecular flexibility index (Phi) is 6.30. The summed E-state index contributed by atoms with van der Waals surface area (Å²) in [6.45, 7) is 4.62. The van der Waals surface area contributed by atoms with Crippen LogP contribution in [0.4, 0.5) is 11.4 Å². The number of ketones is 1. The summed E-state index contributed by atoms with van der Waals surface area (Å²) in [5.41, 5.74) is -1.51. The monoisotopic (exact) mass is 481 g/mol. The second kappa shape index (κ2) is 8.85. The summed E-state index contributed by atoms with van der Waals surface area (Å²) < 4.78 is 36.4. The number of nitrogens with zero attached hydrogens (tertiary/aromatic N) is 1. The van der Waals surface area contributed by atoms with Gasteiger partial charge in [0.05, 0.1) is 25.0 Å². The average Bonchev–Trinajstić information content (AvgIpc) is 3.39. The van der Waals surface area contributed by atoms with E-state index in [4.69, 9.17) is 9.15 Å². The first-order valence-electron chi connectivity index (χ1n) is 10.1. The van der Waals surface area contributed by atoms with Gasteiger partial charge in [-0.1, -0.05) is 6.92 Å². The van der Waals surface area contributed by atoms with Crippen molar-refractivity contribution in [3.05, 3.63) is 55.2 Å². The van der Waals surface area contributed by atoms with Crippen molar-refractivity contribution in [1.29, 1.82) is 0 Å². The third-order valence-electron chi connectivity index (χ3n) is 5.39. The molecule has 0 saturated carbocycles. The molecule has 0 radical (unpaired) electrons. The van der Waals surface area contributed by atoms with Crippen LogP contribution < -0.4 is 21.5 Å². The summed E-state index contributed by atoms with van der Waals surface area (Å²) in [6, 6.07) is 3.25. The van der Waals surface area contributed by atoms with Crippen LogP contribution in [0, 0.1) is 6.92 Å². The van der Waals surface area contributed by atoms with Gasteiger partial charge in [-0.2, -0.15) is 4.31 Å². The molecular formula is C20H23N3O7S2. The van der Waals surface area contributed by atoms with Crippen LogP contribution >= 0.6 is 11.8 Å². The lowest BCUT2D eigenvalue weighted by atomic mass is 10.1. The zero-order chi connectivity index (χ0) is 23.0. The van der Waals surface area contributed by atoms with E-state index in [9.17, 15) is 22.8 Å². The second-order valence-corrected chi connectivity index (χ2v) is 10.8. The Labute approximate surface area is 188 Å². The Bertz CT molecular complexity index is 1230. The maximum Gasteiger partial charge on any atom is 0.253 e. The lowest BCUT2D eigenvalue weighted by Gasteiger charge is -2.28. The molecule has 2 aliphatic heterocycles. The molecule has 2 aliphatic rings. The van der Waals surface area contributed by atoms with Crippen molar-refractivity contribution in [2.24, 2.45) is 0 Å². The maximum atomic E-state index is 12.8. The van der Waals surface area contributed by atoms with Crippen LogP contribution in [0.15, 0.2) is 37.2 Å². The standard InChI is InChI=1S/C20H23N3O7S2/c1-3-12(14-5-4-11(2)30-14)21-15-16(19(26)18(15)25)22-13-10-31-20(17(13)24)32(27,28)23-6-8-29-9-7-23/h4-5,10,12,20-22H,3,6-9H2,1-2H3/t12-,20?/m1/s1. The number of ether oxygens (including phenoxy) is 1. The molecule has 12 heteroatoms. The van der Waals surface area contributed by atoms with Crippen molar-refractivity contribution in [2.75, 3.05) is 36.9 Å². The Balaban J connectivity index is 1.50. The first-order chi connectivity index (χ1) is 15.2. The molecule has 0 bridgehead atoms. The van der Waals surface area contributed by atoms with Gasteiger partial charge in [0.1, 0.15) is 22.9 Å². The van der Waals surface area contributed by atoms with Gasteiger partial charge in [0.2, 0.25) is 15.8 Å². The lowest BCUT2D eigenvalue weighted by Crippen LogP contribution is -2.46. The minimum atomic E-state index is -3.88. The molecular weight excluding hydrogens is 458 g/mol. The van der Waals surface area contributed by atoms with Gasteiger partial charge in [-0.3, -0.25) is 14.4 Å². The molecule has 1 fully saturated rings. The fraction of sp³-hybridized carbons (Fsp3) is 0.450. The van der Waals surface area contributed by atoms with Crippen LogP contribution in [0.3, 0.4) is 0 Å². The van der Waals surface area contributed by atoms with Gasteiger partial charge in [-0.05, 0) is 30.9 Å². The molecule has 0 aliphatic carbocycles. The highest BCUT2D eigenvalue weighted by molar-refractivity contribution is 8.16. The molecule has 3 heterocycles. The molecule has 0 spiro atoms. The van der Waals surface area contributed by atoms with Gasteiger partial charge in [-0.15, -0.1) is 11.8 Å². The number of sulfonamides is 1. The number of hydrogen-bond acceptors (Lipinski definition) is 10. The smallest absolute Gasteiger partial charge is 0.253 e. The van der Waals surface area contributed by atoms with Gasteiger partial charge in [0, 0.05) is 13.1 Å². The summed E-state index contributed by atoms with van der Waals surface area (Å²) in [6.07, 6.45) is 0.586. The maximum absolute atomic E-state index is 12.8. The van der Waals surface area contributed by atoms with E-state index in [1.165, 1.54) is 9.71 Å². The highest BCUT2D eigenvalue weighted by atomic mass is 32.3. The Morgan fingerprint density at radius 1 is 1.16 bits per heavy atom. The van der Waals surface area contributed by atoms with E-state index >= 15 is 0 Å². The molecule has 1 aromatic carbocycles. The van der Waals surface area contributed by atoms with E-state index < -0.39 is 31.2 Å². The van der Waals surface area contributed by atoms with Crippen molar-refractivity contribution in [1.82, 2.24) is 4.31 Å². The molecule has 2 aromatic rings. The summed E-state index contributed by atoms with van der Waals surface area (Å²) in [4.78, 5) is 37.2. The minimum Gasteiger partial charge on any atom is -0.464 e. The average molecular weight is 482 g/mol. The number of morpholine rings is 1. The number of carbonyl (C=O) groups is 1. The Morgan fingerprint density at radius 3 is 2.47 bits per heavy atom. The molecule has 1 saturated heterocycles. The van der Waals surface area contributed by atoms with Gasteiger partial charge >= 0.3 is 0 Å². The molecule has 2 N–H and O–H groups in total. The number of aryl methyl sites for hydroxylation is 1. The number of rotatable bonds is 8. The highest BCUT2D eigenvalue weighted by Gasteiger charge is 2.43. The zero-order valence-corrected chi connectivity index (χ0v) is 19.2. The number of thioether (sulfide) groups is 1. The molecule has 172 valence electrons. The lowest BCUT2D eigenvalue weighted by molar-refractivity contribution is -0.113. The summed E-state index contributed by atoms with van der Waals surface area (Å²) in [5.74, 6) is 0.677. The van der Waals surface area contributed by atoms with Crippen molar-refractivity contribution < 1.29 is 22.4 Å². The zero-order valence-electron chi connectivity index (χ0n) is 17.5. The van der Waals surface area contributed by atoms with Crippen LogP contribution in [0.25, 0.3) is 0 Å².